The van der Waals surface area contributed by atoms with Gasteiger partial charge in [-0.05, 0) is 53.6 Å². The summed E-state index contributed by atoms with van der Waals surface area (Å²) in [7, 11) is 0. The van der Waals surface area contributed by atoms with E-state index in [0.29, 0.717) is 34.7 Å². The molecule has 0 saturated carbocycles. The van der Waals surface area contributed by atoms with Gasteiger partial charge in [0, 0.05) is 23.0 Å². The summed E-state index contributed by atoms with van der Waals surface area (Å²) in [6, 6.07) is 24.3. The molecule has 166 valence electrons. The maximum absolute atomic E-state index is 13.3. The Morgan fingerprint density at radius 3 is 2.27 bits per heavy atom. The van der Waals surface area contributed by atoms with Gasteiger partial charge in [-0.1, -0.05) is 71.7 Å². The summed E-state index contributed by atoms with van der Waals surface area (Å²) in [5, 5.41) is 11.0. The lowest BCUT2D eigenvalue weighted by Gasteiger charge is -2.20. The Bertz CT molecular complexity index is 1190. The first kappa shape index (κ1) is 22.8. The summed E-state index contributed by atoms with van der Waals surface area (Å²) in [5.41, 5.74) is 3.00. The van der Waals surface area contributed by atoms with Gasteiger partial charge >= 0.3 is 0 Å². The van der Waals surface area contributed by atoms with Crippen LogP contribution in [0.4, 0.5) is 5.69 Å². The van der Waals surface area contributed by atoms with Crippen molar-refractivity contribution >= 4 is 52.4 Å². The Kier molecular flexibility index (Phi) is 7.55. The Morgan fingerprint density at radius 2 is 1.64 bits per heavy atom. The van der Waals surface area contributed by atoms with Crippen molar-refractivity contribution in [3.8, 4) is 0 Å². The summed E-state index contributed by atoms with van der Waals surface area (Å²) < 4.78 is 0. The lowest BCUT2D eigenvalue weighted by Crippen LogP contribution is -2.37. The minimum atomic E-state index is -0.195. The number of ketones is 1. The quantitative estimate of drug-likeness (QED) is 0.272. The molecule has 1 aliphatic rings. The van der Waals surface area contributed by atoms with Crippen molar-refractivity contribution in [3.05, 3.63) is 106 Å². The maximum Gasteiger partial charge on any atom is 0.219 e. The van der Waals surface area contributed by atoms with Gasteiger partial charge in [0.2, 0.25) is 11.7 Å². The van der Waals surface area contributed by atoms with Gasteiger partial charge in [-0.2, -0.15) is 5.10 Å². The molecular formula is C26H22Cl2N4O. The third kappa shape index (κ3) is 6.31. The fraction of sp³-hybridized carbons (Fsp3) is 0.115. The second-order valence-electron chi connectivity index (χ2n) is 7.38. The van der Waals surface area contributed by atoms with Crippen LogP contribution in [0.25, 0.3) is 6.08 Å². The fourth-order valence-electron chi connectivity index (χ4n) is 3.25. The van der Waals surface area contributed by atoms with Crippen molar-refractivity contribution in [3.63, 3.8) is 0 Å². The van der Waals surface area contributed by atoms with Crippen LogP contribution < -0.4 is 10.3 Å². The zero-order valence-electron chi connectivity index (χ0n) is 17.8. The number of carbonyl (C=O) groups is 1. The molecule has 3 aromatic rings. The molecule has 5 nitrogen and oxygen atoms in total. The van der Waals surface area contributed by atoms with Gasteiger partial charge in [-0.25, -0.2) is 10.0 Å². The van der Waals surface area contributed by atoms with Gasteiger partial charge in [0.05, 0.1) is 12.2 Å². The number of allylic oxidation sites excluding steroid dienone is 1. The summed E-state index contributed by atoms with van der Waals surface area (Å²) in [5.74, 6) is 0.420. The van der Waals surface area contributed by atoms with Crippen LogP contribution in [-0.2, 0) is 11.2 Å². The zero-order valence-corrected chi connectivity index (χ0v) is 19.3. The smallest absolute Gasteiger partial charge is 0.219 e. The van der Waals surface area contributed by atoms with E-state index in [1.165, 1.54) is 6.08 Å². The zero-order chi connectivity index (χ0) is 23.0. The van der Waals surface area contributed by atoms with Gasteiger partial charge in [0.15, 0.2) is 0 Å². The number of guanidine groups is 1. The highest BCUT2D eigenvalue weighted by Crippen LogP contribution is 2.18. The number of hydrogen-bond acceptors (Lipinski definition) is 5. The standard InChI is InChI=1S/C26H22Cl2N4O/c27-21-11-6-19(7-12-21)10-15-25(33)24(18-20-8-13-22(28)14-9-20)31-32(26-29-16-17-30-26)23-4-2-1-3-5-23/h1-15H,16-18H2,(H,29,30). The first-order valence-electron chi connectivity index (χ1n) is 10.5. The average Bonchev–Trinajstić information content (AvgIpc) is 3.37. The number of nitrogens with one attached hydrogen (secondary N) is 1. The van der Waals surface area contributed by atoms with Crippen LogP contribution in [0.15, 0.2) is 95.0 Å². The lowest BCUT2D eigenvalue weighted by atomic mass is 10.0. The second-order valence-corrected chi connectivity index (χ2v) is 8.25. The van der Waals surface area contributed by atoms with E-state index in [2.05, 4.69) is 10.3 Å². The van der Waals surface area contributed by atoms with E-state index < -0.39 is 0 Å². The second kappa shape index (κ2) is 10.9. The minimum Gasteiger partial charge on any atom is -0.353 e. The van der Waals surface area contributed by atoms with Crippen molar-refractivity contribution in [2.24, 2.45) is 10.1 Å². The molecule has 1 N–H and O–H groups in total. The third-order valence-corrected chi connectivity index (χ3v) is 5.45. The third-order valence-electron chi connectivity index (χ3n) is 4.94. The number of rotatable bonds is 7. The Balaban J connectivity index is 1.69. The average molecular weight is 477 g/mol. The largest absolute Gasteiger partial charge is 0.353 e. The first-order chi connectivity index (χ1) is 16.1. The molecular weight excluding hydrogens is 455 g/mol. The number of para-hydroxylation sites is 1. The molecule has 0 amide bonds. The number of halogens is 2. The SMILES string of the molecule is O=C(C=Cc1ccc(Cl)cc1)C(Cc1ccc(Cl)cc1)=NN(C1=NCCN1)c1ccccc1. The van der Waals surface area contributed by atoms with Crippen LogP contribution >= 0.6 is 23.2 Å². The van der Waals surface area contributed by atoms with Crippen LogP contribution in [0.2, 0.25) is 10.0 Å². The van der Waals surface area contributed by atoms with Gasteiger partial charge < -0.3 is 5.32 Å². The molecule has 1 heterocycles. The molecule has 4 rings (SSSR count). The lowest BCUT2D eigenvalue weighted by molar-refractivity contribution is -0.108. The number of carbonyl (C=O) groups excluding carboxylic acids is 1. The number of hydrogen-bond donors (Lipinski definition) is 1. The highest BCUT2D eigenvalue weighted by atomic mass is 35.5. The van der Waals surface area contributed by atoms with E-state index in [9.17, 15) is 4.79 Å². The van der Waals surface area contributed by atoms with Crippen molar-refractivity contribution in [1.82, 2.24) is 5.32 Å². The normalized spacial score (nSPS) is 13.6. The summed E-state index contributed by atoms with van der Waals surface area (Å²) in [6.45, 7) is 1.39. The van der Waals surface area contributed by atoms with Crippen molar-refractivity contribution < 1.29 is 4.79 Å². The van der Waals surface area contributed by atoms with Gasteiger partial charge in [0.25, 0.3) is 0 Å². The minimum absolute atomic E-state index is 0.195. The molecule has 33 heavy (non-hydrogen) atoms. The molecule has 1 aliphatic heterocycles. The fourth-order valence-corrected chi connectivity index (χ4v) is 3.51. The highest BCUT2D eigenvalue weighted by molar-refractivity contribution is 6.45. The first-order valence-corrected chi connectivity index (χ1v) is 11.3. The number of anilines is 1. The van der Waals surface area contributed by atoms with E-state index in [1.54, 1.807) is 35.4 Å². The van der Waals surface area contributed by atoms with Crippen LogP contribution in [0.5, 0.6) is 0 Å². The number of aliphatic imine (C=N–C) groups is 1. The molecule has 0 atom stereocenters. The molecule has 3 aromatic carbocycles. The molecule has 0 spiro atoms. The topological polar surface area (TPSA) is 57.1 Å². The van der Waals surface area contributed by atoms with E-state index in [-0.39, 0.29) is 5.78 Å². The molecule has 0 aliphatic carbocycles. The number of nitrogens with zero attached hydrogens (tertiary/aromatic N) is 3. The molecule has 0 bridgehead atoms. The molecule has 0 fully saturated rings. The summed E-state index contributed by atoms with van der Waals surface area (Å²) >= 11 is 12.0. The van der Waals surface area contributed by atoms with E-state index >= 15 is 0 Å². The Hall–Kier alpha value is -3.41. The monoisotopic (exact) mass is 476 g/mol. The Labute approximate surface area is 203 Å². The molecule has 0 saturated heterocycles. The molecule has 0 aromatic heterocycles. The number of benzene rings is 3. The van der Waals surface area contributed by atoms with E-state index in [1.807, 2.05) is 54.6 Å². The van der Waals surface area contributed by atoms with Gasteiger partial charge in [-0.15, -0.1) is 0 Å². The predicted octanol–water partition coefficient (Wildman–Crippen LogP) is 5.64. The molecule has 0 unspecified atom stereocenters. The maximum atomic E-state index is 13.3. The summed E-state index contributed by atoms with van der Waals surface area (Å²) in [6.07, 6.45) is 3.64. The van der Waals surface area contributed by atoms with Crippen molar-refractivity contribution in [2.75, 3.05) is 18.1 Å². The number of hydrazone groups is 1. The highest BCUT2D eigenvalue weighted by Gasteiger charge is 2.19. The predicted molar refractivity (Wildman–Crippen MR) is 137 cm³/mol. The van der Waals surface area contributed by atoms with Crippen LogP contribution in [0.1, 0.15) is 11.1 Å². The van der Waals surface area contributed by atoms with E-state index in [4.69, 9.17) is 28.3 Å². The van der Waals surface area contributed by atoms with Gasteiger partial charge in [-0.3, -0.25) is 4.79 Å². The Morgan fingerprint density at radius 1 is 0.970 bits per heavy atom. The van der Waals surface area contributed by atoms with Gasteiger partial charge in [0.1, 0.15) is 5.71 Å². The molecule has 0 radical (unpaired) electrons. The van der Waals surface area contributed by atoms with Crippen LogP contribution in [0.3, 0.4) is 0 Å². The van der Waals surface area contributed by atoms with Crippen molar-refractivity contribution in [1.29, 1.82) is 0 Å². The summed E-state index contributed by atoms with van der Waals surface area (Å²) in [4.78, 5) is 17.8. The van der Waals surface area contributed by atoms with Crippen LogP contribution in [-0.4, -0.2) is 30.5 Å². The van der Waals surface area contributed by atoms with Crippen LogP contribution in [0, 0.1) is 0 Å². The molecule has 7 heteroatoms. The van der Waals surface area contributed by atoms with Crippen molar-refractivity contribution in [2.45, 2.75) is 6.42 Å². The van der Waals surface area contributed by atoms with E-state index in [0.717, 1.165) is 23.4 Å².